The van der Waals surface area contributed by atoms with Gasteiger partial charge in [-0.15, -0.1) is 11.3 Å². The first kappa shape index (κ1) is 22.4. The fraction of sp³-hybridized carbons (Fsp3) is 0.200. The number of aryl methyl sites for hydroxylation is 2. The number of amides is 2. The van der Waals surface area contributed by atoms with Gasteiger partial charge in [0, 0.05) is 32.1 Å². The monoisotopic (exact) mass is 460 g/mol. The van der Waals surface area contributed by atoms with Crippen molar-refractivity contribution in [1.29, 1.82) is 0 Å². The van der Waals surface area contributed by atoms with E-state index in [-0.39, 0.29) is 18.2 Å². The van der Waals surface area contributed by atoms with Crippen molar-refractivity contribution in [2.75, 3.05) is 19.4 Å². The lowest BCUT2D eigenvalue weighted by Gasteiger charge is -2.09. The van der Waals surface area contributed by atoms with Crippen molar-refractivity contribution in [3.8, 4) is 11.5 Å². The molecule has 0 unspecified atom stereocenters. The Morgan fingerprint density at radius 2 is 1.82 bits per heavy atom. The maximum absolute atomic E-state index is 12.4. The molecular weight excluding hydrogens is 436 g/mol. The number of pyridine rings is 2. The minimum Gasteiger partial charge on any atom is -0.456 e. The first-order chi connectivity index (χ1) is 15.8. The smallest absolute Gasteiger partial charge is 0.263 e. The molecule has 3 heterocycles. The van der Waals surface area contributed by atoms with Crippen LogP contribution >= 0.6 is 11.3 Å². The Morgan fingerprint density at radius 1 is 1.06 bits per heavy atom. The number of carbonyl (C=O) groups is 2. The van der Waals surface area contributed by atoms with Crippen molar-refractivity contribution in [2.45, 2.75) is 20.3 Å². The standard InChI is InChI=1S/C25H24N4O3S/c1-15-11-16(2)27-22(12-15)28-23(30)13-17-5-7-18(8-6-17)32-20-9-10-26-19-14-21(33-24(19)20)25(31)29(3)4/h5-12,14H,13H2,1-4H3,(H,27,28,30). The molecule has 33 heavy (non-hydrogen) atoms. The van der Waals surface area contributed by atoms with Gasteiger partial charge in [0.05, 0.1) is 21.5 Å². The Balaban J connectivity index is 1.45. The molecule has 0 aliphatic carbocycles. The third-order valence-corrected chi connectivity index (χ3v) is 6.00. The molecule has 0 aliphatic heterocycles. The summed E-state index contributed by atoms with van der Waals surface area (Å²) in [6.07, 6.45) is 1.89. The van der Waals surface area contributed by atoms with Crippen LogP contribution in [0, 0.1) is 13.8 Å². The van der Waals surface area contributed by atoms with E-state index in [0.29, 0.717) is 22.2 Å². The second-order valence-electron chi connectivity index (χ2n) is 7.98. The van der Waals surface area contributed by atoms with Gasteiger partial charge in [-0.25, -0.2) is 4.98 Å². The van der Waals surface area contributed by atoms with E-state index >= 15 is 0 Å². The summed E-state index contributed by atoms with van der Waals surface area (Å²) in [6, 6.07) is 14.7. The van der Waals surface area contributed by atoms with Crippen molar-refractivity contribution < 1.29 is 14.3 Å². The topological polar surface area (TPSA) is 84.4 Å². The molecule has 4 rings (SSSR count). The van der Waals surface area contributed by atoms with Crippen molar-refractivity contribution >= 4 is 39.2 Å². The lowest BCUT2D eigenvalue weighted by Crippen LogP contribution is -2.20. The Labute approximate surface area is 196 Å². The summed E-state index contributed by atoms with van der Waals surface area (Å²) < 4.78 is 6.87. The molecule has 0 saturated heterocycles. The van der Waals surface area contributed by atoms with Gasteiger partial charge in [0.2, 0.25) is 5.91 Å². The average molecular weight is 461 g/mol. The number of carbonyl (C=O) groups excluding carboxylic acids is 2. The molecule has 1 aromatic carbocycles. The van der Waals surface area contributed by atoms with E-state index in [0.717, 1.165) is 27.0 Å². The SMILES string of the molecule is Cc1cc(C)nc(NC(=O)Cc2ccc(Oc3ccnc4cc(C(=O)N(C)C)sc34)cc2)c1. The fourth-order valence-corrected chi connectivity index (χ4v) is 4.49. The number of nitrogens with one attached hydrogen (secondary N) is 1. The number of benzene rings is 1. The van der Waals surface area contributed by atoms with E-state index < -0.39 is 0 Å². The third kappa shape index (κ3) is 5.35. The van der Waals surface area contributed by atoms with Gasteiger partial charge < -0.3 is 15.0 Å². The number of fused-ring (bicyclic) bond motifs is 1. The second-order valence-corrected chi connectivity index (χ2v) is 9.03. The van der Waals surface area contributed by atoms with Crippen LogP contribution in [0.4, 0.5) is 5.82 Å². The maximum atomic E-state index is 12.4. The first-order valence-electron chi connectivity index (χ1n) is 10.4. The Bertz CT molecular complexity index is 1310. The van der Waals surface area contributed by atoms with Gasteiger partial charge in [-0.2, -0.15) is 0 Å². The molecule has 0 spiro atoms. The predicted molar refractivity (Wildman–Crippen MR) is 130 cm³/mol. The molecule has 4 aromatic rings. The van der Waals surface area contributed by atoms with Crippen molar-refractivity contribution in [2.24, 2.45) is 0 Å². The van der Waals surface area contributed by atoms with Gasteiger partial charge in [-0.05, 0) is 55.3 Å². The number of thiophene rings is 1. The molecule has 2 amide bonds. The van der Waals surface area contributed by atoms with Crippen LogP contribution in [0.25, 0.3) is 10.2 Å². The Morgan fingerprint density at radius 3 is 2.52 bits per heavy atom. The van der Waals surface area contributed by atoms with Crippen LogP contribution in [0.15, 0.2) is 54.7 Å². The van der Waals surface area contributed by atoms with E-state index in [2.05, 4.69) is 15.3 Å². The van der Waals surface area contributed by atoms with Gasteiger partial charge in [0.15, 0.2) is 0 Å². The van der Waals surface area contributed by atoms with Gasteiger partial charge >= 0.3 is 0 Å². The number of rotatable bonds is 6. The van der Waals surface area contributed by atoms with E-state index in [4.69, 9.17) is 4.74 Å². The summed E-state index contributed by atoms with van der Waals surface area (Å²) in [7, 11) is 3.44. The summed E-state index contributed by atoms with van der Waals surface area (Å²) in [6.45, 7) is 3.87. The molecule has 0 bridgehead atoms. The zero-order valence-corrected chi connectivity index (χ0v) is 19.7. The highest BCUT2D eigenvalue weighted by Gasteiger charge is 2.16. The van der Waals surface area contributed by atoms with Crippen LogP contribution in [0.5, 0.6) is 11.5 Å². The molecular formula is C25H24N4O3S. The van der Waals surface area contributed by atoms with Crippen LogP contribution in [0.2, 0.25) is 0 Å². The number of nitrogens with zero attached hydrogens (tertiary/aromatic N) is 3. The normalized spacial score (nSPS) is 10.8. The molecule has 0 atom stereocenters. The first-order valence-corrected chi connectivity index (χ1v) is 11.2. The van der Waals surface area contributed by atoms with Crippen molar-refractivity contribution in [1.82, 2.24) is 14.9 Å². The van der Waals surface area contributed by atoms with Crippen molar-refractivity contribution in [3.05, 3.63) is 76.4 Å². The number of anilines is 1. The molecule has 8 heteroatoms. The molecule has 0 aliphatic rings. The van der Waals surface area contributed by atoms with Crippen LogP contribution < -0.4 is 10.1 Å². The quantitative estimate of drug-likeness (QED) is 0.439. The zero-order valence-electron chi connectivity index (χ0n) is 18.9. The summed E-state index contributed by atoms with van der Waals surface area (Å²) >= 11 is 1.36. The summed E-state index contributed by atoms with van der Waals surface area (Å²) in [4.78, 5) is 35.5. The lowest BCUT2D eigenvalue weighted by molar-refractivity contribution is -0.115. The van der Waals surface area contributed by atoms with Crippen LogP contribution in [0.1, 0.15) is 26.5 Å². The zero-order chi connectivity index (χ0) is 23.5. The van der Waals surface area contributed by atoms with Crippen LogP contribution in [-0.4, -0.2) is 40.8 Å². The minimum atomic E-state index is -0.131. The predicted octanol–water partition coefficient (Wildman–Crippen LogP) is 4.98. The molecule has 0 fully saturated rings. The fourth-order valence-electron chi connectivity index (χ4n) is 3.40. The average Bonchev–Trinajstić information content (AvgIpc) is 3.19. The highest BCUT2D eigenvalue weighted by molar-refractivity contribution is 7.21. The van der Waals surface area contributed by atoms with Gasteiger partial charge in [-0.3, -0.25) is 14.6 Å². The third-order valence-electron chi connectivity index (χ3n) is 4.87. The lowest BCUT2D eigenvalue weighted by atomic mass is 10.1. The van der Waals surface area contributed by atoms with Gasteiger partial charge in [-0.1, -0.05) is 12.1 Å². The molecule has 1 N–H and O–H groups in total. The maximum Gasteiger partial charge on any atom is 0.263 e. The minimum absolute atomic E-state index is 0.0670. The Hall–Kier alpha value is -3.78. The highest BCUT2D eigenvalue weighted by Crippen LogP contribution is 2.35. The Kier molecular flexibility index (Phi) is 6.37. The molecule has 3 aromatic heterocycles. The van der Waals surface area contributed by atoms with E-state index in [1.165, 1.54) is 16.2 Å². The van der Waals surface area contributed by atoms with E-state index in [1.54, 1.807) is 32.4 Å². The number of aromatic nitrogens is 2. The number of ether oxygens (including phenoxy) is 1. The summed E-state index contributed by atoms with van der Waals surface area (Å²) in [5.41, 5.74) is 3.49. The molecule has 0 saturated carbocycles. The van der Waals surface area contributed by atoms with Gasteiger partial charge in [0.25, 0.3) is 5.91 Å². The van der Waals surface area contributed by atoms with Crippen LogP contribution in [-0.2, 0) is 11.2 Å². The van der Waals surface area contributed by atoms with Crippen LogP contribution in [0.3, 0.4) is 0 Å². The summed E-state index contributed by atoms with van der Waals surface area (Å²) in [5.74, 6) is 1.63. The highest BCUT2D eigenvalue weighted by atomic mass is 32.1. The molecule has 0 radical (unpaired) electrons. The number of hydrogen-bond donors (Lipinski definition) is 1. The second kappa shape index (κ2) is 9.38. The largest absolute Gasteiger partial charge is 0.456 e. The van der Waals surface area contributed by atoms with E-state index in [9.17, 15) is 9.59 Å². The van der Waals surface area contributed by atoms with Crippen molar-refractivity contribution in [3.63, 3.8) is 0 Å². The molecule has 7 nitrogen and oxygen atoms in total. The molecule has 168 valence electrons. The number of hydrogen-bond acceptors (Lipinski definition) is 6. The van der Waals surface area contributed by atoms with Gasteiger partial charge in [0.1, 0.15) is 17.3 Å². The van der Waals surface area contributed by atoms with E-state index in [1.807, 2.05) is 50.2 Å². The summed E-state index contributed by atoms with van der Waals surface area (Å²) in [5, 5.41) is 2.85.